The van der Waals surface area contributed by atoms with Crippen LogP contribution in [0.2, 0.25) is 0 Å². The van der Waals surface area contributed by atoms with Gasteiger partial charge in [-0.1, -0.05) is 18.2 Å². The molecule has 196 valence electrons. The molecule has 0 aliphatic carbocycles. The van der Waals surface area contributed by atoms with E-state index in [1.807, 2.05) is 29.2 Å². The summed E-state index contributed by atoms with van der Waals surface area (Å²) in [6, 6.07) is 17.7. The van der Waals surface area contributed by atoms with Crippen LogP contribution in [0, 0.1) is 17.5 Å². The molecule has 1 atom stereocenters. The maximum absolute atomic E-state index is 13.6. The topological polar surface area (TPSA) is 66.9 Å². The number of halogens is 3. The molecule has 1 saturated heterocycles. The molecule has 1 fully saturated rings. The van der Waals surface area contributed by atoms with Crippen LogP contribution >= 0.6 is 0 Å². The Morgan fingerprint density at radius 1 is 0.921 bits per heavy atom. The van der Waals surface area contributed by atoms with Gasteiger partial charge in [0.1, 0.15) is 5.52 Å². The summed E-state index contributed by atoms with van der Waals surface area (Å²) >= 11 is 0. The van der Waals surface area contributed by atoms with Crippen LogP contribution in [0.1, 0.15) is 28.9 Å². The summed E-state index contributed by atoms with van der Waals surface area (Å²) in [6.07, 6.45) is 1.68. The van der Waals surface area contributed by atoms with Crippen LogP contribution in [-0.4, -0.2) is 46.9 Å². The van der Waals surface area contributed by atoms with E-state index in [-0.39, 0.29) is 11.9 Å². The molecule has 2 heterocycles. The summed E-state index contributed by atoms with van der Waals surface area (Å²) in [5, 5.41) is 0.934. The number of hydrogen-bond acceptors (Lipinski definition) is 6. The highest BCUT2D eigenvalue weighted by molar-refractivity contribution is 5.94. The highest BCUT2D eigenvalue weighted by atomic mass is 19.2. The lowest BCUT2D eigenvalue weighted by Gasteiger charge is -2.38. The SMILES string of the molecule is CC(c1cc(F)c(F)c(F)c1)N1CCN(C(=O)c2ccc(ONOc3cccc4cccnc34)cc2)CC1. The monoisotopic (exact) mass is 522 g/mol. The summed E-state index contributed by atoms with van der Waals surface area (Å²) in [5.41, 5.74) is 4.00. The summed E-state index contributed by atoms with van der Waals surface area (Å²) in [5.74, 6) is -3.06. The molecule has 5 rings (SSSR count). The van der Waals surface area contributed by atoms with Gasteiger partial charge in [0, 0.05) is 55.0 Å². The first-order valence-electron chi connectivity index (χ1n) is 12.1. The number of aromatic nitrogens is 1. The lowest BCUT2D eigenvalue weighted by Crippen LogP contribution is -2.49. The van der Waals surface area contributed by atoms with Crippen molar-refractivity contribution in [2.45, 2.75) is 13.0 Å². The average Bonchev–Trinajstić information content (AvgIpc) is 2.95. The van der Waals surface area contributed by atoms with E-state index in [4.69, 9.17) is 9.68 Å². The molecule has 1 aliphatic rings. The van der Waals surface area contributed by atoms with Gasteiger partial charge in [-0.05, 0) is 61.0 Å². The molecule has 0 bridgehead atoms. The normalized spacial score (nSPS) is 14.9. The summed E-state index contributed by atoms with van der Waals surface area (Å²) < 4.78 is 40.6. The third-order valence-corrected chi connectivity index (χ3v) is 6.65. The Kier molecular flexibility index (Phi) is 7.43. The number of nitrogens with zero attached hydrogens (tertiary/aromatic N) is 3. The van der Waals surface area contributed by atoms with Crippen LogP contribution in [0.4, 0.5) is 13.2 Å². The third-order valence-electron chi connectivity index (χ3n) is 6.65. The minimum absolute atomic E-state index is 0.131. The Hall–Kier alpha value is -4.15. The fourth-order valence-corrected chi connectivity index (χ4v) is 4.46. The van der Waals surface area contributed by atoms with Crippen LogP contribution in [0.3, 0.4) is 0 Å². The number of carbonyl (C=O) groups excluding carboxylic acids is 1. The number of rotatable bonds is 7. The van der Waals surface area contributed by atoms with E-state index in [1.165, 1.54) is 0 Å². The highest BCUT2D eigenvalue weighted by Gasteiger charge is 2.26. The number of benzene rings is 3. The standard InChI is InChI=1S/C28H25F3N4O3/c1-18(21-16-23(29)26(31)24(30)17-21)34-12-14-35(15-13-34)28(36)20-7-9-22(10-8-20)37-33-38-25-6-2-4-19-5-3-11-32-27(19)25/h2-11,16-18,33H,12-15H2,1H3. The Morgan fingerprint density at radius 2 is 1.61 bits per heavy atom. The molecule has 3 aromatic carbocycles. The molecular formula is C28H25F3N4O3. The predicted octanol–water partition coefficient (Wildman–Crippen LogP) is 5.05. The van der Waals surface area contributed by atoms with Gasteiger partial charge < -0.3 is 14.6 Å². The van der Waals surface area contributed by atoms with Gasteiger partial charge in [0.05, 0.1) is 0 Å². The number of pyridine rings is 1. The molecule has 1 amide bonds. The first-order chi connectivity index (χ1) is 18.4. The minimum Gasteiger partial charge on any atom is -0.374 e. The molecule has 1 aliphatic heterocycles. The quantitative estimate of drug-likeness (QED) is 0.271. The summed E-state index contributed by atoms with van der Waals surface area (Å²) in [4.78, 5) is 32.0. The Morgan fingerprint density at radius 3 is 2.32 bits per heavy atom. The van der Waals surface area contributed by atoms with Gasteiger partial charge in [-0.15, -0.1) is 0 Å². The van der Waals surface area contributed by atoms with Crippen molar-refractivity contribution in [1.29, 1.82) is 0 Å². The maximum Gasteiger partial charge on any atom is 0.253 e. The molecule has 1 aromatic heterocycles. The zero-order valence-corrected chi connectivity index (χ0v) is 20.5. The second-order valence-corrected chi connectivity index (χ2v) is 8.95. The summed E-state index contributed by atoms with van der Waals surface area (Å²) in [7, 11) is 0. The van der Waals surface area contributed by atoms with Gasteiger partial charge in [0.15, 0.2) is 29.0 Å². The molecule has 7 nitrogen and oxygen atoms in total. The minimum atomic E-state index is -1.47. The van der Waals surface area contributed by atoms with Crippen molar-refractivity contribution in [2.24, 2.45) is 0 Å². The predicted molar refractivity (Wildman–Crippen MR) is 135 cm³/mol. The van der Waals surface area contributed by atoms with E-state index < -0.39 is 17.5 Å². The highest BCUT2D eigenvalue weighted by Crippen LogP contribution is 2.26. The van der Waals surface area contributed by atoms with Crippen LogP contribution in [0.5, 0.6) is 11.5 Å². The fraction of sp³-hybridized carbons (Fsp3) is 0.214. The zero-order chi connectivity index (χ0) is 26.6. The Bertz CT molecular complexity index is 1410. The lowest BCUT2D eigenvalue weighted by atomic mass is 10.0. The number of carbonyl (C=O) groups is 1. The second-order valence-electron chi connectivity index (χ2n) is 8.95. The van der Waals surface area contributed by atoms with Crippen LogP contribution in [0.25, 0.3) is 10.9 Å². The first-order valence-corrected chi connectivity index (χ1v) is 12.1. The molecule has 1 unspecified atom stereocenters. The number of hydrogen-bond donors (Lipinski definition) is 1. The number of nitrogens with one attached hydrogen (secondary N) is 1. The number of amides is 1. The van der Waals surface area contributed by atoms with Crippen molar-refractivity contribution in [2.75, 3.05) is 26.2 Å². The van der Waals surface area contributed by atoms with Gasteiger partial charge in [0.2, 0.25) is 0 Å². The van der Waals surface area contributed by atoms with Gasteiger partial charge in [0.25, 0.3) is 5.91 Å². The van der Waals surface area contributed by atoms with E-state index >= 15 is 0 Å². The van der Waals surface area contributed by atoms with Gasteiger partial charge in [-0.2, -0.15) is 0 Å². The fourth-order valence-electron chi connectivity index (χ4n) is 4.46. The summed E-state index contributed by atoms with van der Waals surface area (Å²) in [6.45, 7) is 3.72. The molecule has 10 heteroatoms. The molecule has 0 saturated carbocycles. The van der Waals surface area contributed by atoms with Crippen LogP contribution < -0.4 is 15.3 Å². The Balaban J connectivity index is 1.13. The van der Waals surface area contributed by atoms with E-state index in [0.29, 0.717) is 54.3 Å². The molecule has 4 aromatic rings. The molecule has 38 heavy (non-hydrogen) atoms. The van der Waals surface area contributed by atoms with E-state index in [9.17, 15) is 18.0 Å². The van der Waals surface area contributed by atoms with Crippen LogP contribution in [-0.2, 0) is 0 Å². The van der Waals surface area contributed by atoms with Crippen molar-refractivity contribution in [3.8, 4) is 11.5 Å². The number of para-hydroxylation sites is 1. The van der Waals surface area contributed by atoms with Crippen molar-refractivity contribution in [1.82, 2.24) is 20.4 Å². The van der Waals surface area contributed by atoms with E-state index in [1.54, 1.807) is 48.4 Å². The number of fused-ring (bicyclic) bond motifs is 1. The second kappa shape index (κ2) is 11.1. The molecule has 0 radical (unpaired) electrons. The van der Waals surface area contributed by atoms with Gasteiger partial charge >= 0.3 is 0 Å². The largest absolute Gasteiger partial charge is 0.374 e. The molecule has 0 spiro atoms. The third kappa shape index (κ3) is 5.41. The lowest BCUT2D eigenvalue weighted by molar-refractivity contribution is -0.0181. The van der Waals surface area contributed by atoms with E-state index in [2.05, 4.69) is 10.6 Å². The van der Waals surface area contributed by atoms with Crippen molar-refractivity contribution in [3.05, 3.63) is 102 Å². The first kappa shape index (κ1) is 25.5. The van der Waals surface area contributed by atoms with E-state index in [0.717, 1.165) is 17.5 Å². The van der Waals surface area contributed by atoms with Gasteiger partial charge in [-0.3, -0.25) is 14.7 Å². The van der Waals surface area contributed by atoms with Crippen molar-refractivity contribution >= 4 is 16.8 Å². The zero-order valence-electron chi connectivity index (χ0n) is 20.5. The maximum atomic E-state index is 13.6. The number of piperazine rings is 1. The van der Waals surface area contributed by atoms with Crippen molar-refractivity contribution < 1.29 is 27.6 Å². The van der Waals surface area contributed by atoms with Crippen LogP contribution in [0.15, 0.2) is 72.9 Å². The Labute approximate surface area is 217 Å². The van der Waals surface area contributed by atoms with Gasteiger partial charge in [-0.25, -0.2) is 13.2 Å². The smallest absolute Gasteiger partial charge is 0.253 e. The molecule has 1 N–H and O–H groups in total. The van der Waals surface area contributed by atoms with Crippen molar-refractivity contribution in [3.63, 3.8) is 0 Å². The average molecular weight is 523 g/mol. The molecular weight excluding hydrogens is 497 g/mol.